The summed E-state index contributed by atoms with van der Waals surface area (Å²) in [6.07, 6.45) is 0. The third kappa shape index (κ3) is 2.02. The van der Waals surface area contributed by atoms with Gasteiger partial charge >= 0.3 is 0 Å². The molecule has 0 amide bonds. The maximum absolute atomic E-state index is 13.4. The van der Waals surface area contributed by atoms with E-state index in [0.29, 0.717) is 0 Å². The fraction of sp³-hybridized carbons (Fsp3) is 0.400. The monoisotopic (exact) mass is 217 g/mol. The van der Waals surface area contributed by atoms with E-state index in [2.05, 4.69) is 4.74 Å². The van der Waals surface area contributed by atoms with Crippen LogP contribution in [0, 0.1) is 11.6 Å². The summed E-state index contributed by atoms with van der Waals surface area (Å²) in [5.74, 6) is -3.31. The van der Waals surface area contributed by atoms with E-state index in [0.717, 1.165) is 13.2 Å². The minimum atomic E-state index is -1.13. The van der Waals surface area contributed by atoms with Gasteiger partial charge in [0, 0.05) is 11.1 Å². The molecule has 0 unspecified atom stereocenters. The Morgan fingerprint density at radius 2 is 1.93 bits per heavy atom. The van der Waals surface area contributed by atoms with Gasteiger partial charge in [0.2, 0.25) is 5.82 Å². The lowest BCUT2D eigenvalue weighted by Gasteiger charge is -2.21. The lowest BCUT2D eigenvalue weighted by molar-refractivity contribution is 0.334. The first-order chi connectivity index (χ1) is 6.79. The standard InChI is InChI=1S/C10H13F2NO2/c1-10(2,13)5-4-6(11)9(15-3)7(12)8(5)14/h4,14H,13H2,1-3H3. The van der Waals surface area contributed by atoms with E-state index in [1.807, 2.05) is 0 Å². The Hall–Kier alpha value is -1.36. The number of methoxy groups -OCH3 is 1. The molecule has 3 N–H and O–H groups in total. The molecule has 0 saturated heterocycles. The maximum atomic E-state index is 13.4. The van der Waals surface area contributed by atoms with E-state index >= 15 is 0 Å². The van der Waals surface area contributed by atoms with Crippen LogP contribution in [0.25, 0.3) is 0 Å². The molecule has 0 fully saturated rings. The number of ether oxygens (including phenoxy) is 1. The van der Waals surface area contributed by atoms with Crippen molar-refractivity contribution in [3.05, 3.63) is 23.3 Å². The highest BCUT2D eigenvalue weighted by atomic mass is 19.1. The summed E-state index contributed by atoms with van der Waals surface area (Å²) < 4.78 is 31.1. The first kappa shape index (κ1) is 11.7. The SMILES string of the molecule is COc1c(F)cc(C(C)(C)N)c(O)c1F. The number of rotatable bonds is 2. The first-order valence-electron chi connectivity index (χ1n) is 4.33. The summed E-state index contributed by atoms with van der Waals surface area (Å²) in [7, 11) is 1.12. The van der Waals surface area contributed by atoms with E-state index < -0.39 is 28.7 Å². The summed E-state index contributed by atoms with van der Waals surface area (Å²) in [5.41, 5.74) is 4.62. The fourth-order valence-electron chi connectivity index (χ4n) is 1.27. The van der Waals surface area contributed by atoms with Gasteiger partial charge in [-0.15, -0.1) is 0 Å². The number of hydrogen-bond acceptors (Lipinski definition) is 3. The lowest BCUT2D eigenvalue weighted by Crippen LogP contribution is -2.29. The van der Waals surface area contributed by atoms with Crippen LogP contribution in [0.3, 0.4) is 0 Å². The minimum absolute atomic E-state index is 0.00157. The molecule has 0 atom stereocenters. The van der Waals surface area contributed by atoms with Gasteiger partial charge in [0.1, 0.15) is 0 Å². The number of phenolic OH excluding ortho intramolecular Hbond substituents is 1. The van der Waals surface area contributed by atoms with Crippen LogP contribution in [0.1, 0.15) is 19.4 Å². The van der Waals surface area contributed by atoms with Crippen molar-refractivity contribution >= 4 is 0 Å². The number of hydrogen-bond donors (Lipinski definition) is 2. The lowest BCUT2D eigenvalue weighted by atomic mass is 9.94. The number of nitrogens with two attached hydrogens (primary N) is 1. The molecular weight excluding hydrogens is 204 g/mol. The van der Waals surface area contributed by atoms with Crippen molar-refractivity contribution in [3.8, 4) is 11.5 Å². The zero-order valence-electron chi connectivity index (χ0n) is 8.77. The summed E-state index contributed by atoms with van der Waals surface area (Å²) in [4.78, 5) is 0. The van der Waals surface area contributed by atoms with Gasteiger partial charge in [0.15, 0.2) is 17.3 Å². The molecule has 0 aromatic heterocycles. The molecule has 0 aliphatic carbocycles. The molecule has 1 aromatic rings. The fourth-order valence-corrected chi connectivity index (χ4v) is 1.27. The van der Waals surface area contributed by atoms with Gasteiger partial charge in [-0.3, -0.25) is 0 Å². The zero-order valence-corrected chi connectivity index (χ0v) is 8.77. The Morgan fingerprint density at radius 3 is 2.33 bits per heavy atom. The molecule has 1 aromatic carbocycles. The number of aromatic hydroxyl groups is 1. The second-order valence-electron chi connectivity index (χ2n) is 3.82. The van der Waals surface area contributed by atoms with Crippen molar-refractivity contribution < 1.29 is 18.6 Å². The second-order valence-corrected chi connectivity index (χ2v) is 3.82. The third-order valence-electron chi connectivity index (χ3n) is 2.05. The van der Waals surface area contributed by atoms with Gasteiger partial charge in [-0.25, -0.2) is 4.39 Å². The van der Waals surface area contributed by atoms with Gasteiger partial charge in [-0.2, -0.15) is 4.39 Å². The molecule has 3 nitrogen and oxygen atoms in total. The van der Waals surface area contributed by atoms with E-state index in [1.54, 1.807) is 0 Å². The zero-order chi connectivity index (χ0) is 11.8. The molecule has 0 radical (unpaired) electrons. The Kier molecular flexibility index (Phi) is 2.86. The van der Waals surface area contributed by atoms with E-state index in [-0.39, 0.29) is 5.56 Å². The van der Waals surface area contributed by atoms with Gasteiger partial charge < -0.3 is 15.6 Å². The van der Waals surface area contributed by atoms with Gasteiger partial charge in [-0.1, -0.05) is 0 Å². The highest BCUT2D eigenvalue weighted by Crippen LogP contribution is 2.36. The molecule has 15 heavy (non-hydrogen) atoms. The predicted molar refractivity (Wildman–Crippen MR) is 51.8 cm³/mol. The van der Waals surface area contributed by atoms with Crippen LogP contribution in [-0.2, 0) is 5.54 Å². The highest BCUT2D eigenvalue weighted by Gasteiger charge is 2.26. The van der Waals surface area contributed by atoms with Crippen molar-refractivity contribution in [2.45, 2.75) is 19.4 Å². The molecule has 0 bridgehead atoms. The summed E-state index contributed by atoms with van der Waals surface area (Å²) in [5, 5.41) is 9.47. The Balaban J connectivity index is 3.48. The Bertz CT molecular complexity index is 386. The van der Waals surface area contributed by atoms with Crippen molar-refractivity contribution in [3.63, 3.8) is 0 Å². The maximum Gasteiger partial charge on any atom is 0.209 e. The normalized spacial score (nSPS) is 11.6. The molecule has 84 valence electrons. The topological polar surface area (TPSA) is 55.5 Å². The van der Waals surface area contributed by atoms with Crippen LogP contribution in [0.15, 0.2) is 6.07 Å². The van der Waals surface area contributed by atoms with E-state index in [1.165, 1.54) is 13.8 Å². The van der Waals surface area contributed by atoms with Crippen molar-refractivity contribution in [1.29, 1.82) is 0 Å². The summed E-state index contributed by atoms with van der Waals surface area (Å²) in [6, 6.07) is 0.969. The summed E-state index contributed by atoms with van der Waals surface area (Å²) in [6.45, 7) is 3.07. The number of halogens is 2. The van der Waals surface area contributed by atoms with E-state index in [4.69, 9.17) is 5.73 Å². The van der Waals surface area contributed by atoms with Crippen LogP contribution in [0.2, 0.25) is 0 Å². The molecule has 1 rings (SSSR count). The van der Waals surface area contributed by atoms with Gasteiger partial charge in [0.25, 0.3) is 0 Å². The summed E-state index contributed by atoms with van der Waals surface area (Å²) >= 11 is 0. The van der Waals surface area contributed by atoms with Gasteiger partial charge in [-0.05, 0) is 19.9 Å². The average Bonchev–Trinajstić information content (AvgIpc) is 2.10. The Morgan fingerprint density at radius 1 is 1.40 bits per heavy atom. The van der Waals surface area contributed by atoms with E-state index in [9.17, 15) is 13.9 Å². The molecule has 0 aliphatic rings. The predicted octanol–water partition coefficient (Wildman–Crippen LogP) is 1.87. The molecule has 0 aliphatic heterocycles. The minimum Gasteiger partial charge on any atom is -0.504 e. The van der Waals surface area contributed by atoms with Crippen LogP contribution in [0.4, 0.5) is 8.78 Å². The quantitative estimate of drug-likeness (QED) is 0.795. The van der Waals surface area contributed by atoms with Crippen LogP contribution in [0.5, 0.6) is 11.5 Å². The van der Waals surface area contributed by atoms with Crippen molar-refractivity contribution in [2.75, 3.05) is 7.11 Å². The van der Waals surface area contributed by atoms with Crippen LogP contribution in [-0.4, -0.2) is 12.2 Å². The molecule has 0 spiro atoms. The number of phenols is 1. The average molecular weight is 217 g/mol. The smallest absolute Gasteiger partial charge is 0.209 e. The molecule has 0 saturated carbocycles. The first-order valence-corrected chi connectivity index (χ1v) is 4.33. The molecule has 5 heteroatoms. The van der Waals surface area contributed by atoms with Crippen molar-refractivity contribution in [2.24, 2.45) is 5.73 Å². The highest BCUT2D eigenvalue weighted by molar-refractivity contribution is 5.45. The Labute approximate surface area is 86.5 Å². The molecule has 0 heterocycles. The third-order valence-corrected chi connectivity index (χ3v) is 2.05. The van der Waals surface area contributed by atoms with Gasteiger partial charge in [0.05, 0.1) is 7.11 Å². The second kappa shape index (κ2) is 3.66. The number of benzene rings is 1. The molecular formula is C10H13F2NO2. The largest absolute Gasteiger partial charge is 0.504 e. The van der Waals surface area contributed by atoms with Crippen molar-refractivity contribution in [1.82, 2.24) is 0 Å². The van der Waals surface area contributed by atoms with Crippen LogP contribution < -0.4 is 10.5 Å². The van der Waals surface area contributed by atoms with Crippen LogP contribution >= 0.6 is 0 Å².